The SMILES string of the molecule is COc1nc(C(F)F)c(CBr)cc1[N+](=O)[O-]. The second-order valence-corrected chi connectivity index (χ2v) is 3.31. The third kappa shape index (κ3) is 2.43. The zero-order valence-corrected chi connectivity index (χ0v) is 9.70. The van der Waals surface area contributed by atoms with Crippen molar-refractivity contribution in [1.29, 1.82) is 0 Å². The average molecular weight is 297 g/mol. The first kappa shape index (κ1) is 12.8. The van der Waals surface area contributed by atoms with Gasteiger partial charge in [0.2, 0.25) is 0 Å². The van der Waals surface area contributed by atoms with E-state index in [1.54, 1.807) is 0 Å². The highest BCUT2D eigenvalue weighted by Gasteiger charge is 2.24. The largest absolute Gasteiger partial charge is 0.476 e. The van der Waals surface area contributed by atoms with Crippen molar-refractivity contribution in [2.24, 2.45) is 0 Å². The van der Waals surface area contributed by atoms with Crippen LogP contribution in [0.25, 0.3) is 0 Å². The molecule has 8 heteroatoms. The van der Waals surface area contributed by atoms with Gasteiger partial charge in [0.15, 0.2) is 0 Å². The molecule has 1 rings (SSSR count). The molecule has 0 spiro atoms. The maximum absolute atomic E-state index is 12.6. The minimum Gasteiger partial charge on any atom is -0.476 e. The van der Waals surface area contributed by atoms with Gasteiger partial charge in [0.1, 0.15) is 5.69 Å². The Hall–Kier alpha value is -1.31. The van der Waals surface area contributed by atoms with E-state index in [1.807, 2.05) is 0 Å². The summed E-state index contributed by atoms with van der Waals surface area (Å²) in [5.74, 6) is -0.412. The van der Waals surface area contributed by atoms with E-state index in [9.17, 15) is 18.9 Å². The first-order valence-electron chi connectivity index (χ1n) is 4.07. The molecule has 0 unspecified atom stereocenters. The molecule has 88 valence electrons. The van der Waals surface area contributed by atoms with Crippen molar-refractivity contribution < 1.29 is 18.4 Å². The molecule has 0 aromatic carbocycles. The summed E-state index contributed by atoms with van der Waals surface area (Å²) < 4.78 is 29.7. The van der Waals surface area contributed by atoms with Crippen molar-refractivity contribution in [3.05, 3.63) is 27.4 Å². The first-order chi connectivity index (χ1) is 7.51. The van der Waals surface area contributed by atoms with Crippen molar-refractivity contribution >= 4 is 21.6 Å². The quantitative estimate of drug-likeness (QED) is 0.487. The van der Waals surface area contributed by atoms with E-state index in [1.165, 1.54) is 0 Å². The van der Waals surface area contributed by atoms with Gasteiger partial charge in [-0.1, -0.05) is 15.9 Å². The van der Waals surface area contributed by atoms with E-state index in [0.717, 1.165) is 13.2 Å². The van der Waals surface area contributed by atoms with Crippen molar-refractivity contribution in [1.82, 2.24) is 4.98 Å². The van der Waals surface area contributed by atoms with Crippen LogP contribution >= 0.6 is 15.9 Å². The molecule has 0 saturated carbocycles. The summed E-state index contributed by atoms with van der Waals surface area (Å²) in [6.45, 7) is 0. The minimum absolute atomic E-state index is 0.0600. The molecule has 0 fully saturated rings. The van der Waals surface area contributed by atoms with Crippen molar-refractivity contribution in [3.63, 3.8) is 0 Å². The third-order valence-electron chi connectivity index (χ3n) is 1.82. The number of pyridine rings is 1. The molecular formula is C8H7BrF2N2O3. The van der Waals surface area contributed by atoms with Crippen LogP contribution in [0.3, 0.4) is 0 Å². The van der Waals surface area contributed by atoms with E-state index in [4.69, 9.17) is 0 Å². The van der Waals surface area contributed by atoms with Crippen LogP contribution < -0.4 is 4.74 Å². The molecule has 16 heavy (non-hydrogen) atoms. The van der Waals surface area contributed by atoms with Gasteiger partial charge in [-0.2, -0.15) is 0 Å². The molecule has 0 N–H and O–H groups in total. The number of rotatable bonds is 4. The Morgan fingerprint density at radius 2 is 2.31 bits per heavy atom. The number of hydrogen-bond donors (Lipinski definition) is 0. The lowest BCUT2D eigenvalue weighted by atomic mass is 10.2. The summed E-state index contributed by atoms with van der Waals surface area (Å²) >= 11 is 2.97. The molecule has 0 aliphatic carbocycles. The number of alkyl halides is 3. The topological polar surface area (TPSA) is 65.3 Å². The molecule has 0 amide bonds. The summed E-state index contributed by atoms with van der Waals surface area (Å²) in [5, 5.41) is 10.7. The minimum atomic E-state index is -2.80. The van der Waals surface area contributed by atoms with Crippen LogP contribution in [0.5, 0.6) is 5.88 Å². The normalized spacial score (nSPS) is 10.6. The van der Waals surface area contributed by atoms with Crippen LogP contribution in [0.1, 0.15) is 17.7 Å². The fourth-order valence-corrected chi connectivity index (χ4v) is 1.57. The third-order valence-corrected chi connectivity index (χ3v) is 2.43. The molecule has 0 aliphatic rings. The van der Waals surface area contributed by atoms with E-state index < -0.39 is 28.6 Å². The first-order valence-corrected chi connectivity index (χ1v) is 5.19. The number of methoxy groups -OCH3 is 1. The molecule has 5 nitrogen and oxygen atoms in total. The Morgan fingerprint density at radius 1 is 1.69 bits per heavy atom. The Balaban J connectivity index is 3.40. The summed E-state index contributed by atoms with van der Waals surface area (Å²) in [5.41, 5.74) is -0.872. The highest BCUT2D eigenvalue weighted by Crippen LogP contribution is 2.32. The average Bonchev–Trinajstić information content (AvgIpc) is 2.26. The Labute approximate surface area is 97.7 Å². The van der Waals surface area contributed by atoms with Crippen LogP contribution in [0.4, 0.5) is 14.5 Å². The fraction of sp³-hybridized carbons (Fsp3) is 0.375. The molecule has 0 radical (unpaired) electrons. The Bertz CT molecular complexity index is 415. The maximum atomic E-state index is 12.6. The van der Waals surface area contributed by atoms with Crippen molar-refractivity contribution in [2.75, 3.05) is 7.11 Å². The van der Waals surface area contributed by atoms with E-state index in [-0.39, 0.29) is 10.9 Å². The van der Waals surface area contributed by atoms with Gasteiger partial charge in [0, 0.05) is 11.4 Å². The van der Waals surface area contributed by atoms with Gasteiger partial charge in [-0.05, 0) is 5.56 Å². The Morgan fingerprint density at radius 3 is 2.69 bits per heavy atom. The lowest BCUT2D eigenvalue weighted by Gasteiger charge is -2.08. The number of nitrogens with zero attached hydrogens (tertiary/aromatic N) is 2. The van der Waals surface area contributed by atoms with Crippen molar-refractivity contribution in [2.45, 2.75) is 11.8 Å². The smallest absolute Gasteiger partial charge is 0.331 e. The molecular weight excluding hydrogens is 290 g/mol. The van der Waals surface area contributed by atoms with Gasteiger partial charge in [-0.3, -0.25) is 10.1 Å². The highest BCUT2D eigenvalue weighted by atomic mass is 79.9. The van der Waals surface area contributed by atoms with Crippen LogP contribution in [0.15, 0.2) is 6.07 Å². The van der Waals surface area contributed by atoms with Crippen LogP contribution in [0, 0.1) is 10.1 Å². The predicted molar refractivity (Wildman–Crippen MR) is 55.0 cm³/mol. The second kappa shape index (κ2) is 5.15. The number of nitro groups is 1. The van der Waals surface area contributed by atoms with E-state index >= 15 is 0 Å². The molecule has 1 heterocycles. The molecule has 1 aromatic rings. The van der Waals surface area contributed by atoms with Gasteiger partial charge in [-0.25, -0.2) is 13.8 Å². The number of ether oxygens (including phenoxy) is 1. The van der Waals surface area contributed by atoms with E-state index in [0.29, 0.717) is 0 Å². The van der Waals surface area contributed by atoms with Crippen LogP contribution in [0.2, 0.25) is 0 Å². The number of aromatic nitrogens is 1. The molecule has 1 aromatic heterocycles. The maximum Gasteiger partial charge on any atom is 0.331 e. The molecule has 0 atom stereocenters. The summed E-state index contributed by atoms with van der Waals surface area (Å²) in [6, 6.07) is 1.03. The predicted octanol–water partition coefficient (Wildman–Crippen LogP) is 2.83. The van der Waals surface area contributed by atoms with Crippen molar-refractivity contribution in [3.8, 4) is 5.88 Å². The van der Waals surface area contributed by atoms with Gasteiger partial charge in [-0.15, -0.1) is 0 Å². The number of hydrogen-bond acceptors (Lipinski definition) is 4. The Kier molecular flexibility index (Phi) is 4.11. The zero-order chi connectivity index (χ0) is 12.3. The standard InChI is InChI=1S/C8H7BrF2N2O3/c1-16-8-5(13(14)15)2-4(3-9)6(12-8)7(10)11/h2,7H,3H2,1H3. The highest BCUT2D eigenvalue weighted by molar-refractivity contribution is 9.08. The lowest BCUT2D eigenvalue weighted by molar-refractivity contribution is -0.386. The van der Waals surface area contributed by atoms with Crippen LogP contribution in [-0.2, 0) is 5.33 Å². The van der Waals surface area contributed by atoms with Gasteiger partial charge in [0.05, 0.1) is 12.0 Å². The number of halogens is 3. The summed E-state index contributed by atoms with van der Waals surface area (Å²) in [6.07, 6.45) is -2.80. The summed E-state index contributed by atoms with van der Waals surface area (Å²) in [4.78, 5) is 13.3. The van der Waals surface area contributed by atoms with E-state index in [2.05, 4.69) is 25.7 Å². The van der Waals surface area contributed by atoms with Gasteiger partial charge in [0.25, 0.3) is 12.3 Å². The fourth-order valence-electron chi connectivity index (χ4n) is 1.12. The molecule has 0 aliphatic heterocycles. The monoisotopic (exact) mass is 296 g/mol. The molecule has 0 saturated heterocycles. The zero-order valence-electron chi connectivity index (χ0n) is 8.11. The lowest BCUT2D eigenvalue weighted by Crippen LogP contribution is -2.03. The van der Waals surface area contributed by atoms with Crippen LogP contribution in [-0.4, -0.2) is 17.0 Å². The second-order valence-electron chi connectivity index (χ2n) is 2.75. The van der Waals surface area contributed by atoms with Gasteiger partial charge >= 0.3 is 5.69 Å². The van der Waals surface area contributed by atoms with Gasteiger partial charge < -0.3 is 4.74 Å². The summed E-state index contributed by atoms with van der Waals surface area (Å²) in [7, 11) is 1.14. The molecule has 0 bridgehead atoms.